The first-order valence-electron chi connectivity index (χ1n) is 9.28. The first kappa shape index (κ1) is 22.6. The van der Waals surface area contributed by atoms with E-state index in [0.29, 0.717) is 15.8 Å². The van der Waals surface area contributed by atoms with E-state index in [9.17, 15) is 9.90 Å². The molecule has 0 spiro atoms. The number of ether oxygens (including phenoxy) is 5. The molecule has 2 N–H and O–H groups in total. The molecule has 3 rings (SSSR count). The Morgan fingerprint density at radius 1 is 1.34 bits per heavy atom. The number of hydrogen-bond donors (Lipinski definition) is 2. The number of hydrogen-bond acceptors (Lipinski definition) is 7. The maximum atomic E-state index is 11.6. The predicted molar refractivity (Wildman–Crippen MR) is 105 cm³/mol. The van der Waals surface area contributed by atoms with Crippen molar-refractivity contribution in [1.29, 1.82) is 0 Å². The minimum absolute atomic E-state index is 0.136. The lowest BCUT2D eigenvalue weighted by Crippen LogP contribution is -2.68. The molecule has 1 aromatic rings. The van der Waals surface area contributed by atoms with Crippen LogP contribution in [-0.2, 0) is 23.7 Å². The Morgan fingerprint density at radius 3 is 2.79 bits per heavy atom. The molecule has 2 aliphatic heterocycles. The minimum Gasteiger partial charge on any atom is -0.490 e. The van der Waals surface area contributed by atoms with Crippen LogP contribution < -0.4 is 10.1 Å². The molecule has 0 saturated carbocycles. The fraction of sp³-hybridized carbons (Fsp3) is 0.632. The van der Waals surface area contributed by atoms with E-state index in [-0.39, 0.29) is 25.7 Å². The molecule has 8 nitrogen and oxygen atoms in total. The summed E-state index contributed by atoms with van der Waals surface area (Å²) in [6.07, 6.45) is -3.11. The van der Waals surface area contributed by atoms with Crippen molar-refractivity contribution in [3.63, 3.8) is 0 Å². The van der Waals surface area contributed by atoms with Crippen LogP contribution in [-0.4, -0.2) is 67.3 Å². The van der Waals surface area contributed by atoms with Crippen LogP contribution >= 0.6 is 23.2 Å². The molecule has 0 bridgehead atoms. The van der Waals surface area contributed by atoms with Gasteiger partial charge in [-0.3, -0.25) is 4.79 Å². The van der Waals surface area contributed by atoms with E-state index in [1.54, 1.807) is 32.0 Å². The Hall–Kier alpha value is -1.13. The standard InChI is InChI=1S/C19H25Cl2NO7/c1-10(23)22-15-16(24)17-14(9-27-19(2,3)29-17)28-18(15)26-7-6-25-13-5-4-11(20)8-12(13)21/h4-5,8,14-18,24H,6-7,9H2,1-3H3,(H,22,23)/t14-,15+,16+,17-,18+/m1/s1. The van der Waals surface area contributed by atoms with E-state index in [0.717, 1.165) is 0 Å². The highest BCUT2D eigenvalue weighted by Gasteiger charge is 2.51. The third-order valence-electron chi connectivity index (χ3n) is 4.58. The summed E-state index contributed by atoms with van der Waals surface area (Å²) in [5.74, 6) is -0.703. The van der Waals surface area contributed by atoms with Crippen molar-refractivity contribution in [3.8, 4) is 5.75 Å². The van der Waals surface area contributed by atoms with Gasteiger partial charge in [0.05, 0.1) is 18.2 Å². The second kappa shape index (κ2) is 9.34. The van der Waals surface area contributed by atoms with E-state index in [1.807, 2.05) is 0 Å². The van der Waals surface area contributed by atoms with Crippen molar-refractivity contribution in [1.82, 2.24) is 5.32 Å². The lowest BCUT2D eigenvalue weighted by atomic mass is 9.95. The van der Waals surface area contributed by atoms with Gasteiger partial charge in [0.2, 0.25) is 5.91 Å². The third kappa shape index (κ3) is 5.73. The van der Waals surface area contributed by atoms with Crippen LogP contribution in [0.1, 0.15) is 20.8 Å². The van der Waals surface area contributed by atoms with Crippen molar-refractivity contribution >= 4 is 29.1 Å². The smallest absolute Gasteiger partial charge is 0.217 e. The van der Waals surface area contributed by atoms with Gasteiger partial charge in [-0.05, 0) is 32.0 Å². The Bertz CT molecular complexity index is 733. The summed E-state index contributed by atoms with van der Waals surface area (Å²) in [4.78, 5) is 11.6. The second-order valence-electron chi connectivity index (χ2n) is 7.35. The van der Waals surface area contributed by atoms with Crippen molar-refractivity contribution in [2.24, 2.45) is 0 Å². The lowest BCUT2D eigenvalue weighted by Gasteiger charge is -2.49. The van der Waals surface area contributed by atoms with Gasteiger partial charge < -0.3 is 34.1 Å². The fourth-order valence-corrected chi connectivity index (χ4v) is 3.75. The zero-order chi connectivity index (χ0) is 21.2. The van der Waals surface area contributed by atoms with E-state index in [4.69, 9.17) is 46.9 Å². The zero-order valence-corrected chi connectivity index (χ0v) is 17.9. The highest BCUT2D eigenvalue weighted by atomic mass is 35.5. The number of aliphatic hydroxyl groups is 1. The van der Waals surface area contributed by atoms with Crippen LogP contribution in [0.15, 0.2) is 18.2 Å². The van der Waals surface area contributed by atoms with Crippen molar-refractivity contribution < 1.29 is 33.6 Å². The number of amides is 1. The molecule has 2 aliphatic rings. The Kier molecular flexibility index (Phi) is 7.27. The summed E-state index contributed by atoms with van der Waals surface area (Å²) in [6, 6.07) is 4.11. The van der Waals surface area contributed by atoms with E-state index in [2.05, 4.69) is 5.32 Å². The van der Waals surface area contributed by atoms with Gasteiger partial charge in [0.1, 0.15) is 36.7 Å². The van der Waals surface area contributed by atoms with Crippen molar-refractivity contribution in [2.45, 2.75) is 57.2 Å². The summed E-state index contributed by atoms with van der Waals surface area (Å²) < 4.78 is 28.7. The topological polar surface area (TPSA) is 95.5 Å². The number of aliphatic hydroxyl groups excluding tert-OH is 1. The van der Waals surface area contributed by atoms with Crippen LogP contribution in [0.25, 0.3) is 0 Å². The van der Waals surface area contributed by atoms with Crippen molar-refractivity contribution in [2.75, 3.05) is 19.8 Å². The highest BCUT2D eigenvalue weighted by molar-refractivity contribution is 6.35. The summed E-state index contributed by atoms with van der Waals surface area (Å²) in [6.45, 7) is 5.42. The Morgan fingerprint density at radius 2 is 2.10 bits per heavy atom. The molecule has 0 aromatic heterocycles. The number of carbonyl (C=O) groups excluding carboxylic acids is 1. The highest BCUT2D eigenvalue weighted by Crippen LogP contribution is 2.33. The molecule has 1 aromatic carbocycles. The number of nitrogens with one attached hydrogen (secondary N) is 1. The molecule has 0 aliphatic carbocycles. The van der Waals surface area contributed by atoms with E-state index >= 15 is 0 Å². The van der Waals surface area contributed by atoms with Crippen molar-refractivity contribution in [3.05, 3.63) is 28.2 Å². The molecule has 10 heteroatoms. The van der Waals surface area contributed by atoms with Gasteiger partial charge in [0.25, 0.3) is 0 Å². The molecular formula is C19H25Cl2NO7. The SMILES string of the molecule is CC(=O)N[C@@H]1[C@@H](OCCOc2ccc(Cl)cc2Cl)O[C@@H]2COC(C)(C)O[C@H]2[C@H]1O. The van der Waals surface area contributed by atoms with Gasteiger partial charge >= 0.3 is 0 Å². The molecular weight excluding hydrogens is 425 g/mol. The predicted octanol–water partition coefficient (Wildman–Crippen LogP) is 2.13. The van der Waals surface area contributed by atoms with Crippen LogP contribution in [0.2, 0.25) is 10.0 Å². The van der Waals surface area contributed by atoms with Gasteiger partial charge in [-0.2, -0.15) is 0 Å². The molecule has 29 heavy (non-hydrogen) atoms. The zero-order valence-electron chi connectivity index (χ0n) is 16.4. The van der Waals surface area contributed by atoms with Gasteiger partial charge in [0, 0.05) is 11.9 Å². The molecule has 2 saturated heterocycles. The summed E-state index contributed by atoms with van der Waals surface area (Å²) in [5, 5.41) is 14.4. The third-order valence-corrected chi connectivity index (χ3v) is 5.11. The maximum Gasteiger partial charge on any atom is 0.217 e. The molecule has 1 amide bonds. The molecule has 0 unspecified atom stereocenters. The van der Waals surface area contributed by atoms with Gasteiger partial charge in [-0.25, -0.2) is 0 Å². The molecule has 162 valence electrons. The largest absolute Gasteiger partial charge is 0.490 e. The summed E-state index contributed by atoms with van der Waals surface area (Å²) in [5.41, 5.74) is 0. The molecule has 5 atom stereocenters. The number of benzene rings is 1. The first-order valence-corrected chi connectivity index (χ1v) is 10.0. The maximum absolute atomic E-state index is 11.6. The molecule has 2 fully saturated rings. The Labute approximate surface area is 179 Å². The van der Waals surface area contributed by atoms with Crippen LogP contribution in [0.4, 0.5) is 0 Å². The van der Waals surface area contributed by atoms with Crippen LogP contribution in [0, 0.1) is 0 Å². The van der Waals surface area contributed by atoms with E-state index < -0.39 is 36.4 Å². The van der Waals surface area contributed by atoms with Crippen LogP contribution in [0.3, 0.4) is 0 Å². The fourth-order valence-electron chi connectivity index (χ4n) is 3.28. The number of carbonyl (C=O) groups is 1. The number of fused-ring (bicyclic) bond motifs is 1. The first-order chi connectivity index (χ1) is 13.7. The van der Waals surface area contributed by atoms with Gasteiger partial charge in [-0.15, -0.1) is 0 Å². The lowest BCUT2D eigenvalue weighted by molar-refractivity contribution is -0.369. The monoisotopic (exact) mass is 449 g/mol. The average Bonchev–Trinajstić information content (AvgIpc) is 2.63. The van der Waals surface area contributed by atoms with E-state index in [1.165, 1.54) is 6.92 Å². The molecule has 0 radical (unpaired) electrons. The quantitative estimate of drug-likeness (QED) is 0.642. The summed E-state index contributed by atoms with van der Waals surface area (Å²) >= 11 is 11.9. The Balaban J connectivity index is 1.59. The second-order valence-corrected chi connectivity index (χ2v) is 8.19. The average molecular weight is 450 g/mol. The van der Waals surface area contributed by atoms with Gasteiger partial charge in [0.15, 0.2) is 12.1 Å². The van der Waals surface area contributed by atoms with Crippen LogP contribution in [0.5, 0.6) is 5.75 Å². The minimum atomic E-state index is -1.03. The van der Waals surface area contributed by atoms with Gasteiger partial charge in [-0.1, -0.05) is 23.2 Å². The number of halogens is 2. The molecule has 2 heterocycles. The number of rotatable bonds is 6. The normalized spacial score (nSPS) is 31.0. The summed E-state index contributed by atoms with van der Waals surface area (Å²) in [7, 11) is 0.